The van der Waals surface area contributed by atoms with Crippen LogP contribution in [0.15, 0.2) is 28.0 Å². The second-order valence-electron chi connectivity index (χ2n) is 8.80. The molecule has 1 aromatic heterocycles. The van der Waals surface area contributed by atoms with Crippen LogP contribution in [0.4, 0.5) is 0 Å². The number of sulfonamides is 1. The molecule has 1 heterocycles. The summed E-state index contributed by atoms with van der Waals surface area (Å²) >= 11 is 0. The first-order valence-electron chi connectivity index (χ1n) is 11.9. The van der Waals surface area contributed by atoms with Crippen molar-refractivity contribution in [2.45, 2.75) is 102 Å². The van der Waals surface area contributed by atoms with E-state index in [-0.39, 0.29) is 35.0 Å². The average molecular weight is 452 g/mol. The number of nitrogens with zero attached hydrogens (tertiary/aromatic N) is 3. The zero-order valence-electron chi connectivity index (χ0n) is 19.0. The fourth-order valence-corrected chi connectivity index (χ4v) is 6.63. The minimum Gasteiger partial charge on any atom is -0.335 e. The highest BCUT2D eigenvalue weighted by Gasteiger charge is 2.32. The lowest BCUT2D eigenvalue weighted by atomic mass is 9.88. The fraction of sp³-hybridized carbons (Fsp3) is 0.739. The minimum absolute atomic E-state index is 0.0571. The molecule has 0 radical (unpaired) electrons. The molecule has 2 aliphatic rings. The van der Waals surface area contributed by atoms with Crippen molar-refractivity contribution in [3.05, 3.63) is 28.7 Å². The molecule has 2 saturated carbocycles. The van der Waals surface area contributed by atoms with Gasteiger partial charge in [0.1, 0.15) is 6.54 Å². The summed E-state index contributed by atoms with van der Waals surface area (Å²) in [5.41, 5.74) is -0.348. The first-order valence-corrected chi connectivity index (χ1v) is 13.3. The van der Waals surface area contributed by atoms with E-state index >= 15 is 0 Å². The van der Waals surface area contributed by atoms with Gasteiger partial charge in [-0.25, -0.2) is 8.42 Å². The summed E-state index contributed by atoms with van der Waals surface area (Å²) in [6.45, 7) is 4.18. The third kappa shape index (κ3) is 5.58. The van der Waals surface area contributed by atoms with Crippen molar-refractivity contribution >= 4 is 15.9 Å². The molecule has 0 bridgehead atoms. The molecular weight excluding hydrogens is 414 g/mol. The van der Waals surface area contributed by atoms with E-state index in [1.165, 1.54) is 40.0 Å². The van der Waals surface area contributed by atoms with Crippen molar-refractivity contribution in [1.29, 1.82) is 0 Å². The van der Waals surface area contributed by atoms with E-state index in [1.807, 2.05) is 0 Å². The predicted octanol–water partition coefficient (Wildman–Crippen LogP) is 3.37. The van der Waals surface area contributed by atoms with Gasteiger partial charge >= 0.3 is 0 Å². The van der Waals surface area contributed by atoms with Gasteiger partial charge in [0.15, 0.2) is 0 Å². The number of carbonyl (C=O) groups excluding carboxylic acids is 1. The van der Waals surface area contributed by atoms with Gasteiger partial charge in [0.25, 0.3) is 5.56 Å². The Balaban J connectivity index is 1.86. The summed E-state index contributed by atoms with van der Waals surface area (Å²) in [6, 6.07) is 3.08. The first-order chi connectivity index (χ1) is 14.9. The van der Waals surface area contributed by atoms with Crippen LogP contribution in [-0.4, -0.2) is 53.3 Å². The van der Waals surface area contributed by atoms with Crippen LogP contribution in [0, 0.1) is 0 Å². The van der Waals surface area contributed by atoms with Crippen LogP contribution in [0.5, 0.6) is 0 Å². The molecule has 1 amide bonds. The van der Waals surface area contributed by atoms with Crippen LogP contribution in [0.25, 0.3) is 0 Å². The summed E-state index contributed by atoms with van der Waals surface area (Å²) in [7, 11) is -3.69. The Morgan fingerprint density at radius 1 is 0.935 bits per heavy atom. The normalized spacial score (nSPS) is 18.9. The maximum atomic E-state index is 13.5. The highest BCUT2D eigenvalue weighted by molar-refractivity contribution is 7.89. The molecule has 174 valence electrons. The predicted molar refractivity (Wildman–Crippen MR) is 121 cm³/mol. The zero-order chi connectivity index (χ0) is 22.4. The van der Waals surface area contributed by atoms with Crippen LogP contribution in [0.3, 0.4) is 0 Å². The average Bonchev–Trinajstić information content (AvgIpc) is 2.77. The molecule has 8 heteroatoms. The Kier molecular flexibility index (Phi) is 8.33. The van der Waals surface area contributed by atoms with E-state index in [0.717, 1.165) is 51.4 Å². The summed E-state index contributed by atoms with van der Waals surface area (Å²) in [6.07, 6.45) is 12.4. The second-order valence-corrected chi connectivity index (χ2v) is 10.7. The lowest BCUT2D eigenvalue weighted by Gasteiger charge is -2.42. The summed E-state index contributed by atoms with van der Waals surface area (Å²) in [5.74, 6) is -0.0571. The van der Waals surface area contributed by atoms with E-state index in [1.54, 1.807) is 13.8 Å². The van der Waals surface area contributed by atoms with E-state index in [2.05, 4.69) is 4.90 Å². The van der Waals surface area contributed by atoms with Crippen molar-refractivity contribution in [3.8, 4) is 0 Å². The SMILES string of the molecule is CCN(CC)S(=O)(=O)c1ccc(=O)n(CC(=O)N(C2CCCCC2)C2CCCCC2)c1. The Labute approximate surface area is 186 Å². The standard InChI is InChI=1S/C23H37N3O4S/c1-3-25(4-2)31(29,30)21-15-16-22(27)24(17-21)18-23(28)26(19-11-7-5-8-12-19)20-13-9-6-10-14-20/h15-17,19-20H,3-14,18H2,1-2H3. The van der Waals surface area contributed by atoms with Gasteiger partial charge in [-0.1, -0.05) is 52.4 Å². The molecule has 0 spiro atoms. The van der Waals surface area contributed by atoms with Crippen LogP contribution in [-0.2, 0) is 21.4 Å². The number of hydrogen-bond acceptors (Lipinski definition) is 4. The molecule has 0 unspecified atom stereocenters. The van der Waals surface area contributed by atoms with Crippen molar-refractivity contribution in [2.24, 2.45) is 0 Å². The molecule has 0 aliphatic heterocycles. The van der Waals surface area contributed by atoms with Gasteiger partial charge in [-0.2, -0.15) is 4.31 Å². The second kappa shape index (κ2) is 10.8. The van der Waals surface area contributed by atoms with Gasteiger partial charge in [-0.05, 0) is 31.7 Å². The van der Waals surface area contributed by atoms with Gasteiger partial charge in [0.05, 0.1) is 4.90 Å². The van der Waals surface area contributed by atoms with Crippen molar-refractivity contribution < 1.29 is 13.2 Å². The molecule has 0 atom stereocenters. The molecule has 1 aromatic rings. The lowest BCUT2D eigenvalue weighted by Crippen LogP contribution is -2.50. The van der Waals surface area contributed by atoms with Crippen LogP contribution >= 0.6 is 0 Å². The van der Waals surface area contributed by atoms with E-state index < -0.39 is 10.0 Å². The quantitative estimate of drug-likeness (QED) is 0.607. The first kappa shape index (κ1) is 24.0. The van der Waals surface area contributed by atoms with E-state index in [9.17, 15) is 18.0 Å². The number of rotatable bonds is 8. The monoisotopic (exact) mass is 451 g/mol. The Morgan fingerprint density at radius 2 is 1.45 bits per heavy atom. The fourth-order valence-electron chi connectivity index (χ4n) is 5.15. The Hall–Kier alpha value is -1.67. The third-order valence-corrected chi connectivity index (χ3v) is 8.86. The molecule has 2 fully saturated rings. The molecule has 7 nitrogen and oxygen atoms in total. The smallest absolute Gasteiger partial charge is 0.251 e. The van der Waals surface area contributed by atoms with Gasteiger partial charge < -0.3 is 9.47 Å². The van der Waals surface area contributed by atoms with Gasteiger partial charge in [0.2, 0.25) is 15.9 Å². The van der Waals surface area contributed by atoms with Crippen molar-refractivity contribution in [2.75, 3.05) is 13.1 Å². The molecule has 0 saturated heterocycles. The maximum absolute atomic E-state index is 13.5. The Morgan fingerprint density at radius 3 is 1.94 bits per heavy atom. The lowest BCUT2D eigenvalue weighted by molar-refractivity contribution is -0.138. The number of hydrogen-bond donors (Lipinski definition) is 0. The van der Waals surface area contributed by atoms with Crippen molar-refractivity contribution in [1.82, 2.24) is 13.8 Å². The highest BCUT2D eigenvalue weighted by atomic mass is 32.2. The highest BCUT2D eigenvalue weighted by Crippen LogP contribution is 2.30. The van der Waals surface area contributed by atoms with Gasteiger partial charge in [-0.15, -0.1) is 0 Å². The topological polar surface area (TPSA) is 79.7 Å². The number of aromatic nitrogens is 1. The molecule has 3 rings (SSSR count). The van der Waals surface area contributed by atoms with Gasteiger partial charge in [0, 0.05) is 37.4 Å². The number of amides is 1. The number of pyridine rings is 1. The van der Waals surface area contributed by atoms with E-state index in [4.69, 9.17) is 0 Å². The summed E-state index contributed by atoms with van der Waals surface area (Å²) in [5, 5.41) is 0. The van der Waals surface area contributed by atoms with Crippen LogP contribution in [0.2, 0.25) is 0 Å². The van der Waals surface area contributed by atoms with Gasteiger partial charge in [-0.3, -0.25) is 9.59 Å². The van der Waals surface area contributed by atoms with Crippen LogP contribution in [0.1, 0.15) is 78.1 Å². The summed E-state index contributed by atoms with van der Waals surface area (Å²) < 4.78 is 28.4. The van der Waals surface area contributed by atoms with E-state index in [0.29, 0.717) is 13.1 Å². The molecular formula is C23H37N3O4S. The largest absolute Gasteiger partial charge is 0.335 e. The number of carbonyl (C=O) groups is 1. The third-order valence-electron chi connectivity index (χ3n) is 6.83. The minimum atomic E-state index is -3.69. The molecule has 31 heavy (non-hydrogen) atoms. The maximum Gasteiger partial charge on any atom is 0.251 e. The van der Waals surface area contributed by atoms with Crippen molar-refractivity contribution in [3.63, 3.8) is 0 Å². The zero-order valence-corrected chi connectivity index (χ0v) is 19.8. The molecule has 0 N–H and O–H groups in total. The molecule has 0 aromatic carbocycles. The molecule has 2 aliphatic carbocycles. The summed E-state index contributed by atoms with van der Waals surface area (Å²) in [4.78, 5) is 28.1. The van der Waals surface area contributed by atoms with Crippen LogP contribution < -0.4 is 5.56 Å². The Bertz CT molecular complexity index is 878.